The third kappa shape index (κ3) is 3.80. The number of hydrogen-bond donors (Lipinski definition) is 0. The molecule has 0 unspecified atom stereocenters. The molecule has 0 spiro atoms. The van der Waals surface area contributed by atoms with E-state index in [0.29, 0.717) is 5.75 Å². The van der Waals surface area contributed by atoms with Crippen molar-refractivity contribution < 1.29 is 17.9 Å². The van der Waals surface area contributed by atoms with Crippen molar-refractivity contribution in [3.05, 3.63) is 76.2 Å². The lowest BCUT2D eigenvalue weighted by Gasteiger charge is -2.37. The first-order valence-corrected chi connectivity index (χ1v) is 13.1. The van der Waals surface area contributed by atoms with Gasteiger partial charge in [0, 0.05) is 12.3 Å². The summed E-state index contributed by atoms with van der Waals surface area (Å²) in [6.07, 6.45) is 0. The summed E-state index contributed by atoms with van der Waals surface area (Å²) in [5.41, 5.74) is 1.84. The summed E-state index contributed by atoms with van der Waals surface area (Å²) in [5.74, 6) is 0.0898. The summed E-state index contributed by atoms with van der Waals surface area (Å²) >= 11 is 1.55. The average Bonchev–Trinajstić information content (AvgIpc) is 3.25. The van der Waals surface area contributed by atoms with Gasteiger partial charge >= 0.3 is 5.97 Å². The van der Waals surface area contributed by atoms with E-state index in [2.05, 4.69) is 0 Å². The fourth-order valence-electron chi connectivity index (χ4n) is 4.46. The lowest BCUT2D eigenvalue weighted by atomic mass is 9.75. The largest absolute Gasteiger partial charge is 0.459 e. The van der Waals surface area contributed by atoms with Gasteiger partial charge in [0.15, 0.2) is 0 Å². The Morgan fingerprint density at radius 1 is 1.09 bits per heavy atom. The van der Waals surface area contributed by atoms with Gasteiger partial charge in [-0.25, -0.2) is 8.42 Å². The zero-order valence-corrected chi connectivity index (χ0v) is 20.7. The van der Waals surface area contributed by atoms with E-state index in [4.69, 9.17) is 4.74 Å². The molecule has 0 aromatic heterocycles. The fraction of sp³-hybridized carbons (Fsp3) is 0.400. The van der Waals surface area contributed by atoms with Crippen LogP contribution in [0.5, 0.6) is 0 Å². The van der Waals surface area contributed by atoms with E-state index < -0.39 is 27.1 Å². The molecule has 0 amide bonds. The molecule has 2 heterocycles. The van der Waals surface area contributed by atoms with Gasteiger partial charge in [0.1, 0.15) is 11.0 Å². The maximum Gasteiger partial charge on any atom is 0.319 e. The number of esters is 1. The first-order chi connectivity index (χ1) is 15.0. The van der Waals surface area contributed by atoms with Crippen molar-refractivity contribution in [2.24, 2.45) is 5.41 Å². The molecule has 170 valence electrons. The summed E-state index contributed by atoms with van der Waals surface area (Å²) in [6, 6.07) is 13.9. The number of rotatable bonds is 4. The van der Waals surface area contributed by atoms with Crippen LogP contribution < -0.4 is 0 Å². The Morgan fingerprint density at radius 2 is 1.75 bits per heavy atom. The Hall–Kier alpha value is -2.09. The zero-order valence-electron chi connectivity index (χ0n) is 19.1. The smallest absolute Gasteiger partial charge is 0.319 e. The molecule has 0 radical (unpaired) electrons. The molecule has 2 aromatic rings. The molecule has 2 aliphatic heterocycles. The van der Waals surface area contributed by atoms with Crippen LogP contribution in [0.3, 0.4) is 0 Å². The summed E-state index contributed by atoms with van der Waals surface area (Å²) in [6.45, 7) is 9.56. The summed E-state index contributed by atoms with van der Waals surface area (Å²) in [7, 11) is -3.85. The van der Waals surface area contributed by atoms with Crippen molar-refractivity contribution >= 4 is 27.8 Å². The standard InChI is InChI=1S/C25H29NO4S2/c1-17-10-12-20(13-11-17)32(28,29)26-14-19-15-31-16-25(19,23(27)30-24(3,4)5)22(26)21-9-7-6-8-18(21)2/h6-13,15,22H,14,16H2,1-5H3/t22-,25+/m0/s1. The van der Waals surface area contributed by atoms with Crippen LogP contribution in [0.15, 0.2) is 64.4 Å². The molecule has 0 saturated carbocycles. The molecule has 2 aliphatic rings. The first kappa shape index (κ1) is 23.1. The Bertz CT molecular complexity index is 1180. The van der Waals surface area contributed by atoms with Gasteiger partial charge in [-0.05, 0) is 68.9 Å². The Balaban J connectivity index is 1.91. The van der Waals surface area contributed by atoms with E-state index in [0.717, 1.165) is 22.3 Å². The lowest BCUT2D eigenvalue weighted by Crippen LogP contribution is -2.45. The van der Waals surface area contributed by atoms with Crippen LogP contribution in [0.4, 0.5) is 0 Å². The van der Waals surface area contributed by atoms with Crippen LogP contribution in [0.2, 0.25) is 0 Å². The minimum absolute atomic E-state index is 0.168. The second kappa shape index (κ2) is 8.04. The van der Waals surface area contributed by atoms with Crippen LogP contribution >= 0.6 is 11.8 Å². The van der Waals surface area contributed by atoms with Gasteiger partial charge in [-0.2, -0.15) is 4.31 Å². The average molecular weight is 472 g/mol. The zero-order chi connectivity index (χ0) is 23.3. The Morgan fingerprint density at radius 3 is 2.38 bits per heavy atom. The number of benzene rings is 2. The van der Waals surface area contributed by atoms with E-state index in [1.54, 1.807) is 36.0 Å². The van der Waals surface area contributed by atoms with Gasteiger partial charge in [0.25, 0.3) is 0 Å². The van der Waals surface area contributed by atoms with E-state index in [9.17, 15) is 13.2 Å². The highest BCUT2D eigenvalue weighted by Gasteiger charge is 2.62. The molecule has 5 nitrogen and oxygen atoms in total. The van der Waals surface area contributed by atoms with Gasteiger partial charge in [-0.1, -0.05) is 42.0 Å². The minimum atomic E-state index is -3.85. The quantitative estimate of drug-likeness (QED) is 0.587. The lowest BCUT2D eigenvalue weighted by molar-refractivity contribution is -0.165. The topological polar surface area (TPSA) is 63.7 Å². The van der Waals surface area contributed by atoms with Crippen molar-refractivity contribution in [2.45, 2.75) is 51.2 Å². The summed E-state index contributed by atoms with van der Waals surface area (Å²) in [4.78, 5) is 13.9. The number of nitrogens with zero attached hydrogens (tertiary/aromatic N) is 1. The van der Waals surface area contributed by atoms with E-state index in [-0.39, 0.29) is 17.4 Å². The number of carbonyl (C=O) groups is 1. The van der Waals surface area contributed by atoms with Crippen LogP contribution in [-0.4, -0.2) is 36.6 Å². The molecule has 1 fully saturated rings. The van der Waals surface area contributed by atoms with E-state index >= 15 is 0 Å². The number of aryl methyl sites for hydroxylation is 2. The highest BCUT2D eigenvalue weighted by atomic mass is 32.2. The molecule has 2 aromatic carbocycles. The third-order valence-electron chi connectivity index (χ3n) is 6.06. The Kier molecular flexibility index (Phi) is 5.80. The number of hydrogen-bond acceptors (Lipinski definition) is 5. The second-order valence-electron chi connectivity index (χ2n) is 9.55. The molecule has 7 heteroatoms. The van der Waals surface area contributed by atoms with Gasteiger partial charge in [-0.3, -0.25) is 4.79 Å². The first-order valence-electron chi connectivity index (χ1n) is 10.7. The highest BCUT2D eigenvalue weighted by Crippen LogP contribution is 2.59. The molecule has 1 saturated heterocycles. The maximum absolute atomic E-state index is 13.9. The number of ether oxygens (including phenoxy) is 1. The fourth-order valence-corrected chi connectivity index (χ4v) is 7.39. The van der Waals surface area contributed by atoms with Crippen LogP contribution in [-0.2, 0) is 19.6 Å². The van der Waals surface area contributed by atoms with Crippen molar-refractivity contribution in [1.29, 1.82) is 0 Å². The monoisotopic (exact) mass is 471 g/mol. The predicted molar refractivity (Wildman–Crippen MR) is 128 cm³/mol. The van der Waals surface area contributed by atoms with Crippen LogP contribution in [0.25, 0.3) is 0 Å². The van der Waals surface area contributed by atoms with E-state index in [1.807, 2.05) is 64.3 Å². The molecule has 0 bridgehead atoms. The molecule has 2 atom stereocenters. The summed E-state index contributed by atoms with van der Waals surface area (Å²) in [5, 5.41) is 1.94. The number of carbonyl (C=O) groups excluding carboxylic acids is 1. The van der Waals surface area contributed by atoms with Gasteiger partial charge in [0.2, 0.25) is 10.0 Å². The molecular formula is C25H29NO4S2. The second-order valence-corrected chi connectivity index (χ2v) is 12.3. The molecule has 0 N–H and O–H groups in total. The normalized spacial score (nSPS) is 23.7. The van der Waals surface area contributed by atoms with Crippen LogP contribution in [0.1, 0.15) is 43.5 Å². The van der Waals surface area contributed by atoms with Crippen molar-refractivity contribution in [3.63, 3.8) is 0 Å². The third-order valence-corrected chi connectivity index (χ3v) is 8.96. The molecule has 0 aliphatic carbocycles. The van der Waals surface area contributed by atoms with Crippen molar-refractivity contribution in [2.75, 3.05) is 12.3 Å². The van der Waals surface area contributed by atoms with Gasteiger partial charge in [-0.15, -0.1) is 11.8 Å². The highest BCUT2D eigenvalue weighted by molar-refractivity contribution is 8.02. The maximum atomic E-state index is 13.9. The number of thioether (sulfide) groups is 1. The van der Waals surface area contributed by atoms with Gasteiger partial charge < -0.3 is 4.74 Å². The van der Waals surface area contributed by atoms with Crippen LogP contribution in [0, 0.1) is 19.3 Å². The van der Waals surface area contributed by atoms with Crippen molar-refractivity contribution in [3.8, 4) is 0 Å². The molecule has 32 heavy (non-hydrogen) atoms. The SMILES string of the molecule is Cc1ccc(S(=O)(=O)N2CC3=CSC[C@]3(C(=O)OC(C)(C)C)[C@@H]2c2ccccc2C)cc1. The molecule has 4 rings (SSSR count). The van der Waals surface area contributed by atoms with E-state index in [1.165, 1.54) is 4.31 Å². The number of sulfonamides is 1. The Labute approximate surface area is 194 Å². The minimum Gasteiger partial charge on any atom is -0.459 e. The number of fused-ring (bicyclic) bond motifs is 1. The summed E-state index contributed by atoms with van der Waals surface area (Å²) < 4.78 is 35.1. The van der Waals surface area contributed by atoms with Gasteiger partial charge in [0.05, 0.1) is 10.9 Å². The molecular weight excluding hydrogens is 442 g/mol. The predicted octanol–water partition coefficient (Wildman–Crippen LogP) is 5.01. The van der Waals surface area contributed by atoms with Crippen molar-refractivity contribution in [1.82, 2.24) is 4.31 Å².